The summed E-state index contributed by atoms with van der Waals surface area (Å²) in [6.45, 7) is 0.716. The number of methoxy groups -OCH3 is 3. The molecule has 29 heavy (non-hydrogen) atoms. The van der Waals surface area contributed by atoms with E-state index in [1.165, 1.54) is 7.11 Å². The first kappa shape index (κ1) is 19.9. The van der Waals surface area contributed by atoms with Crippen LogP contribution in [0.15, 0.2) is 24.0 Å². The fraction of sp³-hybridized carbons (Fsp3) is 0.545. The van der Waals surface area contributed by atoms with Crippen LogP contribution < -0.4 is 9.47 Å². The van der Waals surface area contributed by atoms with E-state index in [1.54, 1.807) is 14.2 Å². The molecule has 7 nitrogen and oxygen atoms in total. The molecule has 0 amide bonds. The van der Waals surface area contributed by atoms with E-state index >= 15 is 0 Å². The molecule has 3 aliphatic rings. The highest BCUT2D eigenvalue weighted by Crippen LogP contribution is 2.58. The topological polar surface area (TPSA) is 74.3 Å². The molecule has 0 aromatic heterocycles. The number of carbonyl (C=O) groups is 2. The number of fused-ring (bicyclic) bond motifs is 1. The van der Waals surface area contributed by atoms with Gasteiger partial charge in [-0.15, -0.1) is 0 Å². The number of Topliss-reactive ketones (excluding diaryl/α,β-unsaturated/α-hetero) is 1. The van der Waals surface area contributed by atoms with Crippen molar-refractivity contribution in [1.29, 1.82) is 0 Å². The van der Waals surface area contributed by atoms with Gasteiger partial charge in [-0.25, -0.2) is 4.79 Å². The SMILES string of the molecule is COCC(=O)Oc1c(OC)ccc2c1[C@@]13CCN(C)[C@@H](C2)[C@H]1C=C(OC)C(=O)C3. The van der Waals surface area contributed by atoms with Gasteiger partial charge in [0.2, 0.25) is 0 Å². The van der Waals surface area contributed by atoms with E-state index in [0.29, 0.717) is 23.7 Å². The second-order valence-electron chi connectivity index (χ2n) is 8.06. The molecule has 0 unspecified atom stereocenters. The number of nitrogens with zero attached hydrogens (tertiary/aromatic N) is 1. The van der Waals surface area contributed by atoms with Gasteiger partial charge in [0.25, 0.3) is 0 Å². The summed E-state index contributed by atoms with van der Waals surface area (Å²) in [5, 5.41) is 0. The summed E-state index contributed by atoms with van der Waals surface area (Å²) < 4.78 is 21.6. The minimum absolute atomic E-state index is 0.0168. The predicted molar refractivity (Wildman–Crippen MR) is 105 cm³/mol. The molecule has 0 spiro atoms. The molecule has 4 rings (SSSR count). The van der Waals surface area contributed by atoms with Gasteiger partial charge in [0.1, 0.15) is 6.61 Å². The molecule has 7 heteroatoms. The number of likely N-dealkylation sites (N-methyl/N-ethyl adjacent to an activating group) is 1. The molecule has 1 aromatic carbocycles. The zero-order valence-corrected chi connectivity index (χ0v) is 17.3. The Morgan fingerprint density at radius 2 is 2.03 bits per heavy atom. The molecule has 2 bridgehead atoms. The number of allylic oxidation sites excluding steroid dienone is 1. The molecule has 3 atom stereocenters. The van der Waals surface area contributed by atoms with Gasteiger partial charge < -0.3 is 23.8 Å². The summed E-state index contributed by atoms with van der Waals surface area (Å²) in [6.07, 6.45) is 3.91. The number of esters is 1. The Labute approximate surface area is 170 Å². The zero-order chi connectivity index (χ0) is 20.8. The first-order chi connectivity index (χ1) is 13.9. The summed E-state index contributed by atoms with van der Waals surface area (Å²) in [7, 11) is 6.67. The Bertz CT molecular complexity index is 878. The highest BCUT2D eigenvalue weighted by molar-refractivity contribution is 5.96. The van der Waals surface area contributed by atoms with Gasteiger partial charge in [-0.05, 0) is 44.1 Å². The summed E-state index contributed by atoms with van der Waals surface area (Å²) in [5.41, 5.74) is 1.58. The van der Waals surface area contributed by atoms with Crippen molar-refractivity contribution in [2.75, 3.05) is 41.5 Å². The third-order valence-electron chi connectivity index (χ3n) is 6.66. The molecule has 0 N–H and O–H groups in total. The van der Waals surface area contributed by atoms with E-state index in [2.05, 4.69) is 11.9 Å². The molecule has 1 fully saturated rings. The lowest BCUT2D eigenvalue weighted by Crippen LogP contribution is -2.60. The lowest BCUT2D eigenvalue weighted by Gasteiger charge is -2.56. The summed E-state index contributed by atoms with van der Waals surface area (Å²) in [6, 6.07) is 4.12. The van der Waals surface area contributed by atoms with Gasteiger partial charge in [-0.1, -0.05) is 6.07 Å². The maximum atomic E-state index is 12.9. The molecular formula is C22H27NO6. The third-order valence-corrected chi connectivity index (χ3v) is 6.66. The summed E-state index contributed by atoms with van der Waals surface area (Å²) >= 11 is 0. The van der Waals surface area contributed by atoms with E-state index in [9.17, 15) is 9.59 Å². The lowest BCUT2D eigenvalue weighted by molar-refractivity contribution is -0.138. The van der Waals surface area contributed by atoms with Gasteiger partial charge in [0.15, 0.2) is 23.0 Å². The van der Waals surface area contributed by atoms with E-state index in [1.807, 2.05) is 18.2 Å². The smallest absolute Gasteiger partial charge is 0.337 e. The number of rotatable bonds is 5. The molecule has 0 saturated carbocycles. The van der Waals surface area contributed by atoms with Crippen LogP contribution in [-0.4, -0.2) is 64.2 Å². The highest BCUT2D eigenvalue weighted by Gasteiger charge is 2.56. The quantitative estimate of drug-likeness (QED) is 0.551. The van der Waals surface area contributed by atoms with E-state index in [0.717, 1.165) is 30.5 Å². The van der Waals surface area contributed by atoms with Crippen molar-refractivity contribution in [3.63, 3.8) is 0 Å². The van der Waals surface area contributed by atoms with Crippen LogP contribution in [0.5, 0.6) is 11.5 Å². The number of ether oxygens (including phenoxy) is 4. The Hall–Kier alpha value is -2.38. The molecular weight excluding hydrogens is 374 g/mol. The lowest BCUT2D eigenvalue weighted by atomic mass is 9.53. The van der Waals surface area contributed by atoms with Crippen LogP contribution in [0.3, 0.4) is 0 Å². The maximum Gasteiger partial charge on any atom is 0.337 e. The number of hydrogen-bond donors (Lipinski definition) is 0. The first-order valence-electron chi connectivity index (χ1n) is 9.84. The van der Waals surface area contributed by atoms with Gasteiger partial charge in [0, 0.05) is 36.5 Å². The number of carbonyl (C=O) groups excluding carboxylic acids is 2. The second kappa shape index (κ2) is 7.46. The van der Waals surface area contributed by atoms with Gasteiger partial charge >= 0.3 is 5.97 Å². The second-order valence-corrected chi connectivity index (χ2v) is 8.06. The number of piperidine rings is 1. The van der Waals surface area contributed by atoms with Crippen LogP contribution in [0.4, 0.5) is 0 Å². The minimum Gasteiger partial charge on any atom is -0.493 e. The van der Waals surface area contributed by atoms with Gasteiger partial charge in [0.05, 0.1) is 14.2 Å². The number of benzene rings is 1. The molecule has 1 heterocycles. The standard InChI is InChI=1S/C22H27NO6/c1-23-8-7-22-11-16(24)18(28-4)10-14(22)15(23)9-13-5-6-17(27-3)21(20(13)22)29-19(25)12-26-2/h5-6,10,14-15H,7-9,11-12H2,1-4H3/t14-,15+,22-/m1/s1. The Kier molecular flexibility index (Phi) is 5.12. The van der Waals surface area contributed by atoms with Crippen LogP contribution in [0.1, 0.15) is 24.0 Å². The number of likely N-dealkylation sites (tertiary alicyclic amines) is 1. The van der Waals surface area contributed by atoms with Crippen LogP contribution in [-0.2, 0) is 30.9 Å². The molecule has 1 aromatic rings. The average Bonchev–Trinajstić information content (AvgIpc) is 2.70. The fourth-order valence-electron chi connectivity index (χ4n) is 5.37. The van der Waals surface area contributed by atoms with Crippen molar-refractivity contribution in [2.24, 2.45) is 5.92 Å². The van der Waals surface area contributed by atoms with Crippen molar-refractivity contribution in [3.8, 4) is 11.5 Å². The van der Waals surface area contributed by atoms with Crippen LogP contribution >= 0.6 is 0 Å². The minimum atomic E-state index is -0.488. The number of hydrogen-bond acceptors (Lipinski definition) is 7. The normalized spacial score (nSPS) is 28.1. The largest absolute Gasteiger partial charge is 0.493 e. The number of ketones is 1. The third kappa shape index (κ3) is 3.04. The Morgan fingerprint density at radius 1 is 1.24 bits per heavy atom. The van der Waals surface area contributed by atoms with E-state index in [-0.39, 0.29) is 24.3 Å². The fourth-order valence-corrected chi connectivity index (χ4v) is 5.37. The van der Waals surface area contributed by atoms with Crippen LogP contribution in [0.2, 0.25) is 0 Å². The van der Waals surface area contributed by atoms with Crippen molar-refractivity contribution in [2.45, 2.75) is 30.7 Å². The average molecular weight is 401 g/mol. The summed E-state index contributed by atoms with van der Waals surface area (Å²) in [4.78, 5) is 27.5. The van der Waals surface area contributed by atoms with Crippen molar-refractivity contribution < 1.29 is 28.5 Å². The van der Waals surface area contributed by atoms with E-state index in [4.69, 9.17) is 18.9 Å². The molecule has 156 valence electrons. The highest BCUT2D eigenvalue weighted by atomic mass is 16.6. The molecule has 1 aliphatic heterocycles. The molecule has 2 aliphatic carbocycles. The maximum absolute atomic E-state index is 12.9. The van der Waals surface area contributed by atoms with Crippen LogP contribution in [0, 0.1) is 5.92 Å². The van der Waals surface area contributed by atoms with Crippen LogP contribution in [0.25, 0.3) is 0 Å². The zero-order valence-electron chi connectivity index (χ0n) is 17.3. The van der Waals surface area contributed by atoms with Crippen molar-refractivity contribution in [1.82, 2.24) is 4.90 Å². The first-order valence-corrected chi connectivity index (χ1v) is 9.84. The Balaban J connectivity index is 1.92. The van der Waals surface area contributed by atoms with Gasteiger partial charge in [-0.2, -0.15) is 0 Å². The summed E-state index contributed by atoms with van der Waals surface area (Å²) in [5.74, 6) is 0.924. The monoisotopic (exact) mass is 401 g/mol. The Morgan fingerprint density at radius 3 is 2.72 bits per heavy atom. The van der Waals surface area contributed by atoms with Crippen molar-refractivity contribution in [3.05, 3.63) is 35.1 Å². The van der Waals surface area contributed by atoms with Crippen molar-refractivity contribution >= 4 is 11.8 Å². The molecule has 0 radical (unpaired) electrons. The van der Waals surface area contributed by atoms with Gasteiger partial charge in [-0.3, -0.25) is 4.79 Å². The molecule has 1 saturated heterocycles. The van der Waals surface area contributed by atoms with E-state index < -0.39 is 11.4 Å². The predicted octanol–water partition coefficient (Wildman–Crippen LogP) is 1.86.